The molecule has 0 saturated heterocycles. The van der Waals surface area contributed by atoms with Gasteiger partial charge in [0.25, 0.3) is 5.22 Å². The van der Waals surface area contributed by atoms with Gasteiger partial charge in [-0.3, -0.25) is 0 Å². The van der Waals surface area contributed by atoms with Gasteiger partial charge in [-0.05, 0) is 25.3 Å². The first-order valence-electron chi connectivity index (χ1n) is 5.66. The summed E-state index contributed by atoms with van der Waals surface area (Å²) in [6.07, 6.45) is 9.83. The van der Waals surface area contributed by atoms with Crippen molar-refractivity contribution in [1.29, 1.82) is 0 Å². The summed E-state index contributed by atoms with van der Waals surface area (Å²) in [4.78, 5) is 4.17. The molecule has 1 aliphatic rings. The predicted octanol–water partition coefficient (Wildman–Crippen LogP) is 2.67. The van der Waals surface area contributed by atoms with Crippen LogP contribution >= 0.6 is 11.8 Å². The minimum absolute atomic E-state index is 0.594. The average molecular weight is 226 g/mol. The van der Waals surface area contributed by atoms with E-state index in [-0.39, 0.29) is 0 Å². The maximum atomic E-state index is 5.83. The number of hydrogen-bond acceptors (Lipinski definition) is 4. The van der Waals surface area contributed by atoms with Crippen LogP contribution in [0.1, 0.15) is 32.1 Å². The Labute approximate surface area is 94.8 Å². The lowest BCUT2D eigenvalue weighted by molar-refractivity contribution is 0.442. The molecule has 2 atom stereocenters. The quantitative estimate of drug-likeness (QED) is 0.805. The maximum absolute atomic E-state index is 5.83. The van der Waals surface area contributed by atoms with Gasteiger partial charge in [-0.1, -0.05) is 31.0 Å². The molecular weight excluding hydrogens is 208 g/mol. The van der Waals surface area contributed by atoms with Crippen molar-refractivity contribution in [2.24, 2.45) is 11.7 Å². The lowest BCUT2D eigenvalue weighted by atomic mass is 10.0. The third kappa shape index (κ3) is 2.98. The third-order valence-electron chi connectivity index (χ3n) is 3.05. The average Bonchev–Trinajstić information content (AvgIpc) is 2.64. The van der Waals surface area contributed by atoms with E-state index in [0.717, 1.165) is 11.8 Å². The van der Waals surface area contributed by atoms with Gasteiger partial charge < -0.3 is 10.2 Å². The van der Waals surface area contributed by atoms with Gasteiger partial charge >= 0.3 is 0 Å². The van der Waals surface area contributed by atoms with E-state index in [4.69, 9.17) is 10.2 Å². The maximum Gasteiger partial charge on any atom is 0.255 e. The summed E-state index contributed by atoms with van der Waals surface area (Å²) in [5.74, 6) is 0.629. The highest BCUT2D eigenvalue weighted by Crippen LogP contribution is 2.35. The second kappa shape index (κ2) is 5.56. The minimum atomic E-state index is 0.594. The van der Waals surface area contributed by atoms with E-state index in [9.17, 15) is 0 Å². The van der Waals surface area contributed by atoms with Crippen LogP contribution in [0.5, 0.6) is 0 Å². The Morgan fingerprint density at radius 3 is 3.00 bits per heavy atom. The molecule has 15 heavy (non-hydrogen) atoms. The number of aromatic nitrogens is 1. The van der Waals surface area contributed by atoms with Gasteiger partial charge in [0.1, 0.15) is 6.26 Å². The molecule has 1 aromatic heterocycles. The molecule has 4 heteroatoms. The summed E-state index contributed by atoms with van der Waals surface area (Å²) < 4.78 is 5.28. The molecule has 3 nitrogen and oxygen atoms in total. The van der Waals surface area contributed by atoms with Crippen LogP contribution in [0.25, 0.3) is 0 Å². The van der Waals surface area contributed by atoms with Gasteiger partial charge in [0.05, 0.1) is 6.20 Å². The number of hydrogen-bond donors (Lipinski definition) is 1. The molecule has 0 bridgehead atoms. The number of nitrogens with zero attached hydrogens (tertiary/aromatic N) is 1. The largest absolute Gasteiger partial charge is 0.440 e. The highest BCUT2D eigenvalue weighted by molar-refractivity contribution is 7.99. The molecule has 2 N–H and O–H groups in total. The van der Waals surface area contributed by atoms with Crippen LogP contribution in [0.4, 0.5) is 0 Å². The van der Waals surface area contributed by atoms with Crippen molar-refractivity contribution in [3.05, 3.63) is 12.5 Å². The zero-order chi connectivity index (χ0) is 10.5. The van der Waals surface area contributed by atoms with Crippen LogP contribution in [-0.2, 0) is 0 Å². The van der Waals surface area contributed by atoms with Crippen molar-refractivity contribution >= 4 is 11.8 Å². The van der Waals surface area contributed by atoms with Crippen molar-refractivity contribution in [2.45, 2.75) is 42.6 Å². The van der Waals surface area contributed by atoms with E-state index >= 15 is 0 Å². The third-order valence-corrected chi connectivity index (χ3v) is 4.38. The second-order valence-electron chi connectivity index (χ2n) is 4.09. The Bertz CT molecular complexity index is 276. The highest BCUT2D eigenvalue weighted by Gasteiger charge is 2.24. The summed E-state index contributed by atoms with van der Waals surface area (Å²) >= 11 is 1.76. The fourth-order valence-corrected chi connectivity index (χ4v) is 3.39. The molecule has 1 saturated carbocycles. The summed E-state index contributed by atoms with van der Waals surface area (Å²) in [5.41, 5.74) is 5.83. The van der Waals surface area contributed by atoms with Crippen molar-refractivity contribution in [3.63, 3.8) is 0 Å². The Balaban J connectivity index is 1.97. The monoisotopic (exact) mass is 226 g/mol. The second-order valence-corrected chi connectivity index (χ2v) is 5.28. The van der Waals surface area contributed by atoms with Crippen LogP contribution in [0.2, 0.25) is 0 Å². The normalized spacial score (nSPS) is 27.5. The standard InChI is InChI=1S/C11H18N2OS/c12-8-9-4-2-1-3-5-10(9)15-11-13-6-7-14-11/h6-7,9-10H,1-5,8,12H2. The molecule has 1 aromatic rings. The van der Waals surface area contributed by atoms with E-state index < -0.39 is 0 Å². The Morgan fingerprint density at radius 1 is 1.40 bits per heavy atom. The van der Waals surface area contributed by atoms with E-state index in [1.807, 2.05) is 0 Å². The summed E-state index contributed by atoms with van der Waals surface area (Å²) in [6.45, 7) is 0.790. The number of nitrogens with two attached hydrogens (primary N) is 1. The summed E-state index contributed by atoms with van der Waals surface area (Å²) in [6, 6.07) is 0. The first kappa shape index (κ1) is 11.0. The zero-order valence-electron chi connectivity index (χ0n) is 8.89. The highest BCUT2D eigenvalue weighted by atomic mass is 32.2. The number of rotatable bonds is 3. The Morgan fingerprint density at radius 2 is 2.27 bits per heavy atom. The van der Waals surface area contributed by atoms with Crippen LogP contribution in [-0.4, -0.2) is 16.8 Å². The van der Waals surface area contributed by atoms with Gasteiger partial charge in [-0.15, -0.1) is 0 Å². The van der Waals surface area contributed by atoms with Crippen LogP contribution in [0.3, 0.4) is 0 Å². The first-order valence-corrected chi connectivity index (χ1v) is 6.54. The van der Waals surface area contributed by atoms with Gasteiger partial charge in [-0.2, -0.15) is 0 Å². The molecule has 84 valence electrons. The molecule has 1 fully saturated rings. The van der Waals surface area contributed by atoms with Gasteiger partial charge in [0.15, 0.2) is 0 Å². The van der Waals surface area contributed by atoms with Crippen LogP contribution in [0.15, 0.2) is 22.1 Å². The van der Waals surface area contributed by atoms with Crippen LogP contribution in [0, 0.1) is 5.92 Å². The fraction of sp³-hybridized carbons (Fsp3) is 0.727. The molecule has 2 unspecified atom stereocenters. The zero-order valence-corrected chi connectivity index (χ0v) is 9.71. The smallest absolute Gasteiger partial charge is 0.255 e. The minimum Gasteiger partial charge on any atom is -0.440 e. The number of thioether (sulfide) groups is 1. The lowest BCUT2D eigenvalue weighted by Crippen LogP contribution is -2.24. The van der Waals surface area contributed by atoms with Crippen LogP contribution < -0.4 is 5.73 Å². The Kier molecular flexibility index (Phi) is 4.09. The topological polar surface area (TPSA) is 52.0 Å². The lowest BCUT2D eigenvalue weighted by Gasteiger charge is -2.21. The fourth-order valence-electron chi connectivity index (χ4n) is 2.17. The van der Waals surface area contributed by atoms with Crippen molar-refractivity contribution in [2.75, 3.05) is 6.54 Å². The molecule has 1 heterocycles. The van der Waals surface area contributed by atoms with Gasteiger partial charge in [0, 0.05) is 5.25 Å². The van der Waals surface area contributed by atoms with E-state index in [2.05, 4.69) is 4.98 Å². The molecule has 0 aromatic carbocycles. The Hall–Kier alpha value is -0.480. The van der Waals surface area contributed by atoms with Gasteiger partial charge in [0.2, 0.25) is 0 Å². The number of oxazole rings is 1. The summed E-state index contributed by atoms with van der Waals surface area (Å²) in [5, 5.41) is 1.39. The first-order chi connectivity index (χ1) is 7.40. The van der Waals surface area contributed by atoms with Crippen molar-refractivity contribution in [1.82, 2.24) is 4.98 Å². The van der Waals surface area contributed by atoms with Gasteiger partial charge in [-0.25, -0.2) is 4.98 Å². The van der Waals surface area contributed by atoms with E-state index in [1.165, 1.54) is 32.1 Å². The molecular formula is C11H18N2OS. The SMILES string of the molecule is NCC1CCCCCC1Sc1ncco1. The van der Waals surface area contributed by atoms with Crippen molar-refractivity contribution in [3.8, 4) is 0 Å². The predicted molar refractivity (Wildman–Crippen MR) is 61.8 cm³/mol. The molecule has 0 radical (unpaired) electrons. The van der Waals surface area contributed by atoms with E-state index in [0.29, 0.717) is 11.2 Å². The molecule has 0 spiro atoms. The molecule has 2 rings (SSSR count). The molecule has 0 amide bonds. The van der Waals surface area contributed by atoms with E-state index in [1.54, 1.807) is 24.2 Å². The molecule has 1 aliphatic carbocycles. The molecule has 0 aliphatic heterocycles. The summed E-state index contributed by atoms with van der Waals surface area (Å²) in [7, 11) is 0. The van der Waals surface area contributed by atoms with Crippen molar-refractivity contribution < 1.29 is 4.42 Å².